The van der Waals surface area contributed by atoms with E-state index in [4.69, 9.17) is 28.1 Å². The molecule has 0 radical (unpaired) electrons. The molecule has 0 N–H and O–H groups in total. The van der Waals surface area contributed by atoms with E-state index < -0.39 is 18.3 Å². The van der Waals surface area contributed by atoms with E-state index in [1.165, 1.54) is 0 Å². The third-order valence-electron chi connectivity index (χ3n) is 0. The van der Waals surface area contributed by atoms with Crippen molar-refractivity contribution in [2.45, 2.75) is 0 Å². The molecule has 0 fully saturated rings. The summed E-state index contributed by atoms with van der Waals surface area (Å²) < 4.78 is 17.0. The van der Waals surface area contributed by atoms with Gasteiger partial charge in [-0.25, -0.2) is 0 Å². The molecule has 0 aliphatic heterocycles. The third-order valence-corrected chi connectivity index (χ3v) is 0. The van der Waals surface area contributed by atoms with Crippen LogP contribution in [-0.4, -0.2) is 56.1 Å². The van der Waals surface area contributed by atoms with Gasteiger partial charge in [-0.1, -0.05) is 0 Å². The van der Waals surface area contributed by atoms with Crippen LogP contribution in [0.3, 0.4) is 0 Å². The molecule has 0 atom stereocenters. The zero-order valence-electron chi connectivity index (χ0n) is 6.16. The molecule has 0 aliphatic rings. The van der Waals surface area contributed by atoms with Gasteiger partial charge in [0.2, 0.25) is 0 Å². The molecule has 48 valence electrons. The van der Waals surface area contributed by atoms with Gasteiger partial charge in [-0.05, 0) is 0 Å². The third kappa shape index (κ3) is 385. The molecule has 0 aliphatic carbocycles. The van der Waals surface area contributed by atoms with Crippen molar-refractivity contribution >= 4 is 56.1 Å². The van der Waals surface area contributed by atoms with Gasteiger partial charge in [0.15, 0.2) is 0 Å². The summed E-state index contributed by atoms with van der Waals surface area (Å²) in [6, 6.07) is 0. The summed E-state index contributed by atoms with van der Waals surface area (Å²) >= 11 is 0. The molecule has 6 nitrogen and oxygen atoms in total. The van der Waals surface area contributed by atoms with E-state index in [0.29, 0.717) is 0 Å². The molecule has 0 saturated carbocycles. The Morgan fingerprint density at radius 3 is 0.727 bits per heavy atom. The van der Waals surface area contributed by atoms with Crippen LogP contribution >= 0.6 is 0 Å². The van der Waals surface area contributed by atoms with Crippen LogP contribution in [0.15, 0.2) is 0 Å². The van der Waals surface area contributed by atoms with E-state index in [-0.39, 0.29) is 75.5 Å². The SMILES string of the molecule is O=[Si]([O-])[O-].O=[Si]([O-])[O-].[Ca+2].[Li+].[Li+]. The quantitative estimate of drug-likeness (QED) is 0.362. The van der Waals surface area contributed by atoms with Gasteiger partial charge in [0.05, 0.1) is 0 Å². The average Bonchev–Trinajstić information content (AvgIpc) is 1.25. The number of hydrogen-bond donors (Lipinski definition) is 0. The Balaban J connectivity index is -0.0000000171. The Morgan fingerprint density at radius 1 is 0.727 bits per heavy atom. The average molecular weight is 206 g/mol. The topological polar surface area (TPSA) is 126 Å². The minimum Gasteiger partial charge on any atom is -0.672 e. The summed E-state index contributed by atoms with van der Waals surface area (Å²) in [6.45, 7) is 0. The fourth-order valence-electron chi connectivity index (χ4n) is 0. The van der Waals surface area contributed by atoms with Crippen molar-refractivity contribution in [3.8, 4) is 0 Å². The molecule has 11 heavy (non-hydrogen) atoms. The van der Waals surface area contributed by atoms with E-state index in [2.05, 4.69) is 0 Å². The smallest absolute Gasteiger partial charge is 0.672 e. The second-order valence-electron chi connectivity index (χ2n) is 0.500. The van der Waals surface area contributed by atoms with Gasteiger partial charge >= 0.3 is 75.5 Å². The van der Waals surface area contributed by atoms with E-state index in [0.717, 1.165) is 0 Å². The van der Waals surface area contributed by atoms with Gasteiger partial charge in [0.25, 0.3) is 0 Å². The first kappa shape index (κ1) is 29.3. The fraction of sp³-hybridized carbons (Fsp3) is 0. The zero-order valence-corrected chi connectivity index (χ0v) is 10.4. The van der Waals surface area contributed by atoms with Crippen LogP contribution < -0.4 is 56.9 Å². The second kappa shape index (κ2) is 22.6. The van der Waals surface area contributed by atoms with Crippen molar-refractivity contribution in [2.75, 3.05) is 0 Å². The van der Waals surface area contributed by atoms with Crippen LogP contribution in [-0.2, 0) is 8.92 Å². The Kier molecular flexibility index (Phi) is 60.2. The van der Waals surface area contributed by atoms with Crippen LogP contribution in [0.1, 0.15) is 0 Å². The van der Waals surface area contributed by atoms with Gasteiger partial charge in [-0.3, -0.25) is 0 Å². The zero-order chi connectivity index (χ0) is 7.15. The first-order valence-corrected chi connectivity index (χ1v) is 3.67. The molecular formula is CaLi2O6Si2. The Bertz CT molecular complexity index is 76.6. The van der Waals surface area contributed by atoms with Crippen molar-refractivity contribution in [3.63, 3.8) is 0 Å². The molecule has 0 unspecified atom stereocenters. The molecule has 0 saturated heterocycles. The van der Waals surface area contributed by atoms with E-state index >= 15 is 0 Å². The van der Waals surface area contributed by atoms with Crippen molar-refractivity contribution < 1.29 is 65.8 Å². The van der Waals surface area contributed by atoms with E-state index in [1.54, 1.807) is 0 Å². The van der Waals surface area contributed by atoms with Gasteiger partial charge in [0, 0.05) is 18.3 Å². The predicted molar refractivity (Wildman–Crippen MR) is 18.6 cm³/mol. The number of rotatable bonds is 0. The molecule has 0 aromatic carbocycles. The van der Waals surface area contributed by atoms with Crippen LogP contribution in [0.2, 0.25) is 0 Å². The monoisotopic (exact) mass is 206 g/mol. The summed E-state index contributed by atoms with van der Waals surface area (Å²) in [4.78, 5) is 34.1. The second-order valence-corrected chi connectivity index (χ2v) is 1.50. The minimum atomic E-state index is -3.63. The Labute approximate surface area is 120 Å². The van der Waals surface area contributed by atoms with Crippen molar-refractivity contribution in [2.24, 2.45) is 0 Å². The molecule has 0 aromatic heterocycles. The van der Waals surface area contributed by atoms with Crippen LogP contribution in [0.5, 0.6) is 0 Å². The standard InChI is InChI=1S/Ca.2Li.2O3Si/c;;;2*1-4(2)3/q+2;2*+1;2*-2. The van der Waals surface area contributed by atoms with Gasteiger partial charge in [-0.2, -0.15) is 0 Å². The first-order valence-electron chi connectivity index (χ1n) is 1.22. The van der Waals surface area contributed by atoms with Gasteiger partial charge < -0.3 is 28.1 Å². The van der Waals surface area contributed by atoms with Crippen LogP contribution in [0, 0.1) is 0 Å². The molecule has 0 rings (SSSR count). The molecule has 0 amide bonds. The van der Waals surface area contributed by atoms with Crippen molar-refractivity contribution in [1.29, 1.82) is 0 Å². The van der Waals surface area contributed by atoms with Crippen LogP contribution in [0.25, 0.3) is 0 Å². The molecule has 11 heteroatoms. The summed E-state index contributed by atoms with van der Waals surface area (Å²) in [5.41, 5.74) is 0. The fourth-order valence-corrected chi connectivity index (χ4v) is 0. The predicted octanol–water partition coefficient (Wildman–Crippen LogP) is -12.1. The molecule has 0 spiro atoms. The Morgan fingerprint density at radius 2 is 0.727 bits per heavy atom. The van der Waals surface area contributed by atoms with Gasteiger partial charge in [-0.15, -0.1) is 0 Å². The maximum atomic E-state index is 8.52. The molecule has 0 bridgehead atoms. The van der Waals surface area contributed by atoms with E-state index in [1.807, 2.05) is 0 Å². The largest absolute Gasteiger partial charge is 2.00 e. The summed E-state index contributed by atoms with van der Waals surface area (Å²) in [7, 11) is -7.26. The maximum Gasteiger partial charge on any atom is 2.00 e. The normalized spacial score (nSPS) is 4.36. The number of hydrogen-bond acceptors (Lipinski definition) is 6. The summed E-state index contributed by atoms with van der Waals surface area (Å²) in [5, 5.41) is 0. The van der Waals surface area contributed by atoms with Crippen molar-refractivity contribution in [3.05, 3.63) is 0 Å². The van der Waals surface area contributed by atoms with Gasteiger partial charge in [0.1, 0.15) is 0 Å². The first-order chi connectivity index (χ1) is 3.46. The molecular weight excluding hydrogens is 206 g/mol. The van der Waals surface area contributed by atoms with E-state index in [9.17, 15) is 0 Å². The molecule has 0 aromatic rings. The molecule has 0 heterocycles. The van der Waals surface area contributed by atoms with Crippen molar-refractivity contribution in [1.82, 2.24) is 0 Å². The maximum absolute atomic E-state index is 8.52. The Hall–Kier alpha value is 1.69. The summed E-state index contributed by atoms with van der Waals surface area (Å²) in [5.74, 6) is 0. The van der Waals surface area contributed by atoms with Crippen LogP contribution in [0.4, 0.5) is 0 Å². The summed E-state index contributed by atoms with van der Waals surface area (Å²) in [6.07, 6.45) is 0. The minimum absolute atomic E-state index is 0.